The van der Waals surface area contributed by atoms with Crippen molar-refractivity contribution in [1.82, 2.24) is 5.32 Å². The van der Waals surface area contributed by atoms with E-state index in [4.69, 9.17) is 0 Å². The Kier molecular flexibility index (Phi) is 2.49. The molecule has 2 rings (SSSR count). The molecule has 1 aliphatic heterocycles. The third-order valence-electron chi connectivity index (χ3n) is 1.92. The Labute approximate surface area is 90.0 Å². The van der Waals surface area contributed by atoms with Crippen molar-refractivity contribution >= 4 is 33.0 Å². The molecule has 0 aliphatic carbocycles. The highest BCUT2D eigenvalue weighted by atomic mass is 27.0. The van der Waals surface area contributed by atoms with Crippen molar-refractivity contribution in [3.05, 3.63) is 41.6 Å². The van der Waals surface area contributed by atoms with E-state index in [1.54, 1.807) is 6.08 Å². The van der Waals surface area contributed by atoms with E-state index in [2.05, 4.69) is 10.3 Å². The maximum atomic E-state index is 11.3. The quantitative estimate of drug-likeness (QED) is 0.508. The van der Waals surface area contributed by atoms with Crippen LogP contribution in [0.4, 0.5) is 0 Å². The number of amides is 1. The van der Waals surface area contributed by atoms with Crippen LogP contribution in [-0.4, -0.2) is 26.9 Å². The number of rotatable bonds is 1. The number of hydrogen-bond donors (Lipinski definition) is 1. The minimum absolute atomic E-state index is 0.0983. The Bertz CT molecular complexity index is 423. The maximum absolute atomic E-state index is 11.3. The molecule has 0 fully saturated rings. The summed E-state index contributed by atoms with van der Waals surface area (Å²) in [6.45, 7) is 0. The van der Waals surface area contributed by atoms with E-state index in [1.807, 2.05) is 30.3 Å². The van der Waals surface area contributed by atoms with Crippen LogP contribution in [0.5, 0.6) is 0 Å². The van der Waals surface area contributed by atoms with Gasteiger partial charge < -0.3 is 5.32 Å². The van der Waals surface area contributed by atoms with Gasteiger partial charge in [0.05, 0.1) is 0 Å². The van der Waals surface area contributed by atoms with Crippen molar-refractivity contribution in [2.24, 2.45) is 4.99 Å². The number of nitrogens with zero attached hydrogens (tertiary/aromatic N) is 1. The van der Waals surface area contributed by atoms with Gasteiger partial charge in [-0.15, -0.1) is 0 Å². The summed E-state index contributed by atoms with van der Waals surface area (Å²) < 4.78 is 0.789. The number of aliphatic imine (C=N–C) groups is 1. The SMILES string of the molecule is O=C1N[C]([AlH2])=N/C1=C\c1ccccc1. The lowest BCUT2D eigenvalue weighted by Crippen LogP contribution is -2.23. The number of amidine groups is 1. The summed E-state index contributed by atoms with van der Waals surface area (Å²) in [7, 11) is 0. The van der Waals surface area contributed by atoms with Gasteiger partial charge in [0.15, 0.2) is 0 Å². The molecule has 4 heteroatoms. The minimum atomic E-state index is -0.0983. The highest BCUT2D eigenvalue weighted by Crippen LogP contribution is 2.10. The van der Waals surface area contributed by atoms with Gasteiger partial charge in [-0.25, -0.2) is 0 Å². The van der Waals surface area contributed by atoms with E-state index in [0.29, 0.717) is 5.70 Å². The van der Waals surface area contributed by atoms with Crippen LogP contribution in [0, 0.1) is 0 Å². The normalized spacial score (nSPS) is 18.1. The van der Waals surface area contributed by atoms with Gasteiger partial charge >= 0.3 is 16.3 Å². The molecule has 1 heterocycles. The lowest BCUT2D eigenvalue weighted by Gasteiger charge is -1.93. The highest BCUT2D eigenvalue weighted by molar-refractivity contribution is 6.62. The number of nitrogens with one attached hydrogen (secondary N) is 1. The number of carbonyl (C=O) groups is 1. The zero-order chi connectivity index (χ0) is 9.97. The van der Waals surface area contributed by atoms with Crippen LogP contribution in [0.25, 0.3) is 6.08 Å². The first-order valence-electron chi connectivity index (χ1n) is 4.39. The van der Waals surface area contributed by atoms with Gasteiger partial charge in [-0.05, 0) is 11.6 Å². The van der Waals surface area contributed by atoms with Crippen LogP contribution in [-0.2, 0) is 4.79 Å². The standard InChI is InChI=1S/C10H7N2O.Al.2H/c13-10-9(11-7-12-10)6-8-4-2-1-3-5-8;;;/h1-6H,(H,11,12,13);;;/b9-6-;;;. The molecule has 0 saturated heterocycles. The molecule has 1 N–H and O–H groups in total. The lowest BCUT2D eigenvalue weighted by atomic mass is 10.2. The first kappa shape index (κ1) is 9.20. The fourth-order valence-electron chi connectivity index (χ4n) is 1.29. The fraction of sp³-hybridized carbons (Fsp3) is 0. The van der Waals surface area contributed by atoms with E-state index in [9.17, 15) is 4.79 Å². The molecule has 1 aliphatic rings. The maximum Gasteiger partial charge on any atom is 0.318 e. The van der Waals surface area contributed by atoms with E-state index in [1.165, 1.54) is 0 Å². The molecule has 0 atom stereocenters. The largest absolute Gasteiger partial charge is 0.325 e. The molecule has 3 nitrogen and oxygen atoms in total. The second kappa shape index (κ2) is 3.79. The average molecular weight is 200 g/mol. The molecule has 1 amide bonds. The Morgan fingerprint density at radius 3 is 2.57 bits per heavy atom. The summed E-state index contributed by atoms with van der Waals surface area (Å²) >= 11 is 0.773. The molecule has 1 aromatic carbocycles. The topological polar surface area (TPSA) is 41.5 Å². The number of benzene rings is 1. The van der Waals surface area contributed by atoms with Gasteiger partial charge in [0.1, 0.15) is 5.70 Å². The molecule has 1 aromatic rings. The molecular weight excluding hydrogens is 191 g/mol. The fourth-order valence-corrected chi connectivity index (χ4v) is 1.76. The first-order chi connectivity index (χ1) is 6.75. The predicted octanol–water partition coefficient (Wildman–Crippen LogP) is 0.146. The van der Waals surface area contributed by atoms with Crippen LogP contribution in [0.3, 0.4) is 0 Å². The van der Waals surface area contributed by atoms with E-state index < -0.39 is 0 Å². The van der Waals surface area contributed by atoms with Gasteiger partial charge in [0.2, 0.25) is 0 Å². The molecule has 0 unspecified atom stereocenters. The molecular formula is C10H9AlN2O. The molecule has 0 aromatic heterocycles. The van der Waals surface area contributed by atoms with Gasteiger partial charge in [-0.3, -0.25) is 9.79 Å². The molecule has 0 radical (unpaired) electrons. The Hall–Kier alpha value is -1.37. The van der Waals surface area contributed by atoms with E-state index in [-0.39, 0.29) is 5.91 Å². The summed E-state index contributed by atoms with van der Waals surface area (Å²) in [4.78, 5) is 15.5. The monoisotopic (exact) mass is 200 g/mol. The van der Waals surface area contributed by atoms with Gasteiger partial charge in [-0.2, -0.15) is 0 Å². The lowest BCUT2D eigenvalue weighted by molar-refractivity contribution is -0.115. The van der Waals surface area contributed by atoms with Crippen molar-refractivity contribution in [1.29, 1.82) is 0 Å². The Morgan fingerprint density at radius 1 is 1.29 bits per heavy atom. The zero-order valence-corrected chi connectivity index (χ0v) is 9.82. The highest BCUT2D eigenvalue weighted by Gasteiger charge is 2.15. The smallest absolute Gasteiger partial charge is 0.318 e. The summed E-state index contributed by atoms with van der Waals surface area (Å²) in [6.07, 6.45) is 1.79. The van der Waals surface area contributed by atoms with Gasteiger partial charge in [0.25, 0.3) is 5.91 Å². The summed E-state index contributed by atoms with van der Waals surface area (Å²) in [5, 5.41) is 2.69. The Morgan fingerprint density at radius 2 is 2.00 bits per heavy atom. The van der Waals surface area contributed by atoms with Crippen LogP contribution in [0.1, 0.15) is 5.56 Å². The summed E-state index contributed by atoms with van der Waals surface area (Å²) in [5.41, 5.74) is 1.50. The summed E-state index contributed by atoms with van der Waals surface area (Å²) in [6, 6.07) is 9.70. The molecule has 0 spiro atoms. The number of carbonyl (C=O) groups excluding carboxylic acids is 1. The average Bonchev–Trinajstić information content (AvgIpc) is 2.47. The van der Waals surface area contributed by atoms with E-state index >= 15 is 0 Å². The minimum Gasteiger partial charge on any atom is -0.325 e. The second-order valence-electron chi connectivity index (χ2n) is 3.09. The van der Waals surface area contributed by atoms with Crippen molar-refractivity contribution in [2.75, 3.05) is 0 Å². The number of hydrogen-bond acceptors (Lipinski definition) is 2. The van der Waals surface area contributed by atoms with Crippen molar-refractivity contribution < 1.29 is 4.79 Å². The van der Waals surface area contributed by atoms with Crippen molar-refractivity contribution in [2.45, 2.75) is 0 Å². The van der Waals surface area contributed by atoms with Crippen LogP contribution >= 0.6 is 0 Å². The zero-order valence-electron chi connectivity index (χ0n) is 7.82. The van der Waals surface area contributed by atoms with Gasteiger partial charge in [-0.1, -0.05) is 30.3 Å². The van der Waals surface area contributed by atoms with Gasteiger partial charge in [0, 0.05) is 4.70 Å². The molecule has 0 saturated carbocycles. The predicted molar refractivity (Wildman–Crippen MR) is 58.5 cm³/mol. The first-order valence-corrected chi connectivity index (χ1v) is 5.39. The molecule has 14 heavy (non-hydrogen) atoms. The van der Waals surface area contributed by atoms with Crippen LogP contribution in [0.15, 0.2) is 41.0 Å². The molecule has 0 bridgehead atoms. The van der Waals surface area contributed by atoms with Crippen LogP contribution < -0.4 is 5.32 Å². The van der Waals surface area contributed by atoms with Crippen molar-refractivity contribution in [3.8, 4) is 0 Å². The third-order valence-corrected chi connectivity index (χ3v) is 2.39. The molecule has 68 valence electrons. The van der Waals surface area contributed by atoms with E-state index in [0.717, 1.165) is 26.6 Å². The second-order valence-corrected chi connectivity index (χ2v) is 4.04. The Balaban J connectivity index is 2.32. The van der Waals surface area contributed by atoms with Crippen LogP contribution in [0.2, 0.25) is 0 Å². The summed E-state index contributed by atoms with van der Waals surface area (Å²) in [5.74, 6) is -0.0983. The van der Waals surface area contributed by atoms with Crippen molar-refractivity contribution in [3.63, 3.8) is 0 Å². The third kappa shape index (κ3) is 1.93.